The number of hydrogen-bond donors (Lipinski definition) is 0. The predicted octanol–water partition coefficient (Wildman–Crippen LogP) is 2.46. The fourth-order valence-electron chi connectivity index (χ4n) is 1.46. The van der Waals surface area contributed by atoms with Crippen LogP contribution < -0.4 is 0 Å². The summed E-state index contributed by atoms with van der Waals surface area (Å²) in [5.74, 6) is -0.376. The van der Waals surface area contributed by atoms with Crippen LogP contribution >= 0.6 is 0 Å². The molecule has 5 nitrogen and oxygen atoms in total. The highest BCUT2D eigenvalue weighted by Crippen LogP contribution is 2.28. The summed E-state index contributed by atoms with van der Waals surface area (Å²) in [5, 5.41) is 3.85. The molecule has 2 heterocycles. The van der Waals surface area contributed by atoms with Crippen LogP contribution in [0.1, 0.15) is 22.8 Å². The maximum Gasteiger partial charge on any atom is 0.417 e. The summed E-state index contributed by atoms with van der Waals surface area (Å²) in [7, 11) is 0. The van der Waals surface area contributed by atoms with Gasteiger partial charge in [-0.15, -0.1) is 0 Å². The third-order valence-corrected chi connectivity index (χ3v) is 2.40. The Morgan fingerprint density at radius 1 is 1.35 bits per heavy atom. The lowest BCUT2D eigenvalue weighted by molar-refractivity contribution is -0.137. The second-order valence-corrected chi connectivity index (χ2v) is 3.80. The number of carbonyl (C=O) groups is 1. The fourth-order valence-corrected chi connectivity index (χ4v) is 1.46. The molecule has 0 saturated heterocycles. The number of rotatable bonds is 3. The van der Waals surface area contributed by atoms with E-state index in [-0.39, 0.29) is 18.0 Å². The standard InChI is InChI=1S/C12H10F3N3O2/c1-2-20-11(19)8-5-17-18(7-8)10-4-3-9(6-16-10)12(13,14)15/h3-7H,2H2,1H3. The monoisotopic (exact) mass is 285 g/mol. The van der Waals surface area contributed by atoms with Crippen LogP contribution in [-0.2, 0) is 10.9 Å². The third kappa shape index (κ3) is 2.95. The van der Waals surface area contributed by atoms with E-state index in [1.54, 1.807) is 6.92 Å². The van der Waals surface area contributed by atoms with E-state index in [0.29, 0.717) is 6.20 Å². The molecular weight excluding hydrogens is 275 g/mol. The van der Waals surface area contributed by atoms with Gasteiger partial charge in [0.1, 0.15) is 0 Å². The van der Waals surface area contributed by atoms with Crippen molar-refractivity contribution in [3.8, 4) is 5.82 Å². The van der Waals surface area contributed by atoms with Gasteiger partial charge in [-0.05, 0) is 19.1 Å². The Bertz CT molecular complexity index is 605. The number of esters is 1. The molecule has 2 rings (SSSR count). The number of nitrogens with zero attached hydrogens (tertiary/aromatic N) is 3. The van der Waals surface area contributed by atoms with Gasteiger partial charge in [0.15, 0.2) is 5.82 Å². The first-order valence-corrected chi connectivity index (χ1v) is 5.67. The normalized spacial score (nSPS) is 11.4. The molecule has 20 heavy (non-hydrogen) atoms. The van der Waals surface area contributed by atoms with E-state index in [4.69, 9.17) is 4.74 Å². The molecule has 106 valence electrons. The maximum atomic E-state index is 12.4. The topological polar surface area (TPSA) is 57.0 Å². The fraction of sp³-hybridized carbons (Fsp3) is 0.250. The van der Waals surface area contributed by atoms with E-state index in [0.717, 1.165) is 6.07 Å². The molecule has 8 heteroatoms. The molecule has 0 aliphatic rings. The molecule has 0 radical (unpaired) electrons. The van der Waals surface area contributed by atoms with Gasteiger partial charge in [-0.1, -0.05) is 0 Å². The molecule has 0 amide bonds. The second kappa shape index (κ2) is 5.32. The van der Waals surface area contributed by atoms with Crippen molar-refractivity contribution in [2.24, 2.45) is 0 Å². The van der Waals surface area contributed by atoms with Crippen molar-refractivity contribution in [3.63, 3.8) is 0 Å². The highest BCUT2D eigenvalue weighted by molar-refractivity contribution is 5.88. The summed E-state index contributed by atoms with van der Waals surface area (Å²) >= 11 is 0. The summed E-state index contributed by atoms with van der Waals surface area (Å²) in [4.78, 5) is 15.1. The zero-order chi connectivity index (χ0) is 14.8. The Morgan fingerprint density at radius 2 is 2.10 bits per heavy atom. The van der Waals surface area contributed by atoms with Crippen molar-refractivity contribution < 1.29 is 22.7 Å². The Hall–Kier alpha value is -2.38. The molecule has 0 atom stereocenters. The van der Waals surface area contributed by atoms with Gasteiger partial charge in [0.25, 0.3) is 0 Å². The zero-order valence-electron chi connectivity index (χ0n) is 10.4. The number of alkyl halides is 3. The minimum absolute atomic E-state index is 0.175. The molecular formula is C12H10F3N3O2. The number of aromatic nitrogens is 3. The smallest absolute Gasteiger partial charge is 0.417 e. The van der Waals surface area contributed by atoms with Crippen LogP contribution in [0.3, 0.4) is 0 Å². The third-order valence-electron chi connectivity index (χ3n) is 2.40. The molecule has 2 aromatic heterocycles. The average molecular weight is 285 g/mol. The molecule has 0 N–H and O–H groups in total. The number of halogens is 3. The van der Waals surface area contributed by atoms with Crippen LogP contribution in [0.5, 0.6) is 0 Å². The molecule has 0 aromatic carbocycles. The lowest BCUT2D eigenvalue weighted by atomic mass is 10.3. The first kappa shape index (κ1) is 14.0. The quantitative estimate of drug-likeness (QED) is 0.813. The van der Waals surface area contributed by atoms with Gasteiger partial charge in [-0.2, -0.15) is 18.3 Å². The van der Waals surface area contributed by atoms with Gasteiger partial charge < -0.3 is 4.74 Å². The van der Waals surface area contributed by atoms with Gasteiger partial charge in [0.2, 0.25) is 0 Å². The van der Waals surface area contributed by atoms with Crippen molar-refractivity contribution in [2.45, 2.75) is 13.1 Å². The van der Waals surface area contributed by atoms with Crippen LogP contribution in [0.25, 0.3) is 5.82 Å². The van der Waals surface area contributed by atoms with Crippen molar-refractivity contribution in [2.75, 3.05) is 6.61 Å². The molecule has 0 bridgehead atoms. The van der Waals surface area contributed by atoms with Crippen molar-refractivity contribution in [3.05, 3.63) is 41.9 Å². The van der Waals surface area contributed by atoms with E-state index in [1.165, 1.54) is 23.1 Å². The molecule has 0 fully saturated rings. The Labute approximate surface area is 112 Å². The van der Waals surface area contributed by atoms with Gasteiger partial charge in [0, 0.05) is 12.4 Å². The van der Waals surface area contributed by atoms with E-state index >= 15 is 0 Å². The number of ether oxygens (including phenoxy) is 1. The summed E-state index contributed by atoms with van der Waals surface area (Å²) in [5.41, 5.74) is -0.646. The lowest BCUT2D eigenvalue weighted by Gasteiger charge is -2.06. The first-order valence-electron chi connectivity index (χ1n) is 5.67. The number of hydrogen-bond acceptors (Lipinski definition) is 4. The largest absolute Gasteiger partial charge is 0.462 e. The Morgan fingerprint density at radius 3 is 2.65 bits per heavy atom. The predicted molar refractivity (Wildman–Crippen MR) is 62.3 cm³/mol. The summed E-state index contributed by atoms with van der Waals surface area (Å²) in [6.45, 7) is 1.89. The van der Waals surface area contributed by atoms with Gasteiger partial charge in [0.05, 0.1) is 23.9 Å². The van der Waals surface area contributed by atoms with E-state index < -0.39 is 17.7 Å². The van der Waals surface area contributed by atoms with E-state index in [2.05, 4.69) is 10.1 Å². The van der Waals surface area contributed by atoms with E-state index in [1.807, 2.05) is 0 Å². The van der Waals surface area contributed by atoms with Crippen LogP contribution in [0.15, 0.2) is 30.7 Å². The molecule has 2 aromatic rings. The molecule has 0 aliphatic carbocycles. The van der Waals surface area contributed by atoms with Crippen LogP contribution in [0.2, 0.25) is 0 Å². The minimum atomic E-state index is -4.44. The molecule has 0 aliphatic heterocycles. The van der Waals surface area contributed by atoms with Crippen LogP contribution in [0.4, 0.5) is 13.2 Å². The SMILES string of the molecule is CCOC(=O)c1cnn(-c2ccc(C(F)(F)F)cn2)c1. The van der Waals surface area contributed by atoms with Gasteiger partial charge >= 0.3 is 12.1 Å². The number of pyridine rings is 1. The molecule has 0 saturated carbocycles. The highest BCUT2D eigenvalue weighted by atomic mass is 19.4. The minimum Gasteiger partial charge on any atom is -0.462 e. The van der Waals surface area contributed by atoms with Gasteiger partial charge in [-0.3, -0.25) is 0 Å². The summed E-state index contributed by atoms with van der Waals surface area (Å²) in [6, 6.07) is 2.07. The van der Waals surface area contributed by atoms with Crippen molar-refractivity contribution in [1.82, 2.24) is 14.8 Å². The molecule has 0 spiro atoms. The lowest BCUT2D eigenvalue weighted by Crippen LogP contribution is -2.07. The zero-order valence-corrected chi connectivity index (χ0v) is 10.4. The maximum absolute atomic E-state index is 12.4. The van der Waals surface area contributed by atoms with Crippen LogP contribution in [0, 0.1) is 0 Å². The Kier molecular flexibility index (Phi) is 3.73. The van der Waals surface area contributed by atoms with Crippen molar-refractivity contribution >= 4 is 5.97 Å². The first-order chi connectivity index (χ1) is 9.41. The van der Waals surface area contributed by atoms with E-state index in [9.17, 15) is 18.0 Å². The van der Waals surface area contributed by atoms with Crippen LogP contribution in [-0.4, -0.2) is 27.3 Å². The summed E-state index contributed by atoms with van der Waals surface area (Å²) < 4.78 is 43.2. The van der Waals surface area contributed by atoms with Gasteiger partial charge in [-0.25, -0.2) is 14.5 Å². The number of carbonyl (C=O) groups excluding carboxylic acids is 1. The average Bonchev–Trinajstić information content (AvgIpc) is 2.88. The highest BCUT2D eigenvalue weighted by Gasteiger charge is 2.30. The second-order valence-electron chi connectivity index (χ2n) is 3.80. The summed E-state index contributed by atoms with van der Waals surface area (Å²) in [6.07, 6.45) is -1.13. The molecule has 0 unspecified atom stereocenters. The van der Waals surface area contributed by atoms with Crippen molar-refractivity contribution in [1.29, 1.82) is 0 Å². The Balaban J connectivity index is 2.22.